The zero-order chi connectivity index (χ0) is 34.2. The summed E-state index contributed by atoms with van der Waals surface area (Å²) in [5.74, 6) is -4.46. The van der Waals surface area contributed by atoms with Gasteiger partial charge in [0, 0.05) is 35.6 Å². The molecule has 5 aliphatic rings. The van der Waals surface area contributed by atoms with Crippen molar-refractivity contribution in [1.82, 2.24) is 15.1 Å². The summed E-state index contributed by atoms with van der Waals surface area (Å²) in [6.07, 6.45) is 5.96. The van der Waals surface area contributed by atoms with Crippen LogP contribution in [0.25, 0.3) is 4.72 Å². The predicted octanol–water partition coefficient (Wildman–Crippen LogP) is 0.218. The molecule has 1 aromatic carbocycles. The van der Waals surface area contributed by atoms with Crippen molar-refractivity contribution in [2.45, 2.75) is 100 Å². The molecule has 3 fully saturated rings. The number of sulfonamides is 1. The minimum Gasteiger partial charge on any atom is -0.544 e. The van der Waals surface area contributed by atoms with Crippen LogP contribution >= 0.6 is 0 Å². The minimum atomic E-state index is -4.02. The number of nitrogens with zero attached hydrogens (tertiary/aromatic N) is 3. The Labute approximate surface area is 307 Å². The average Bonchev–Trinajstić information content (AvgIpc) is 3.93. The third-order valence-electron chi connectivity index (χ3n) is 9.98. The number of amides is 4. The fourth-order valence-corrected chi connectivity index (χ4v) is 8.20. The third-order valence-corrected chi connectivity index (χ3v) is 11.7. The van der Waals surface area contributed by atoms with Crippen molar-refractivity contribution >= 4 is 39.8 Å². The number of ether oxygens (including phenoxy) is 2. The van der Waals surface area contributed by atoms with E-state index in [2.05, 4.69) is 10.0 Å². The van der Waals surface area contributed by atoms with Crippen molar-refractivity contribution < 1.29 is 75.8 Å². The quantitative estimate of drug-likeness (QED) is 0.247. The van der Waals surface area contributed by atoms with Crippen LogP contribution < -0.4 is 34.9 Å². The number of allylic oxidation sites excluding steroid dienone is 1. The molecule has 0 radical (unpaired) electrons. The molecule has 6 rings (SSSR count). The number of carbonyl (C=O) groups is 5. The molecule has 4 amide bonds. The SMILES string of the molecule is COC(=O)C[C@H]1CCCCC/C=C\[C@@H]2C[C@@]2(C(=O)[N-]S(=O)(=O)C2CC2)NC(=O)[C@@H]2C[C@@H](OC(=O)N3Cc4cccc(F)c4C3)CN2C1=O.[Na+]. The average molecular weight is 711 g/mol. The van der Waals surface area contributed by atoms with Gasteiger partial charge in [-0.1, -0.05) is 37.1 Å². The molecule has 5 atom stereocenters. The standard InChI is InChI=1S/C33H41FN4O9S.Na/c1-46-28(39)14-20-8-5-3-2-4-6-10-22-16-33(22,31(42)36-48(44,45)24-12-13-24)35-29(40)27-15-23(18-38(27)30(20)41)47-32(43)37-17-21-9-7-11-26(34)25(21)19-37;/h6-7,9-11,20,22-24,27H,2-5,8,12-19H2,1H3,(H2,35,36,40,42);/q;+1/p-1/b10-6-;/t20-,22-,23-,27+,33-;/m1./s1. The van der Waals surface area contributed by atoms with E-state index in [1.807, 2.05) is 6.08 Å². The molecule has 2 aliphatic carbocycles. The van der Waals surface area contributed by atoms with Gasteiger partial charge in [0.25, 0.3) is 0 Å². The van der Waals surface area contributed by atoms with Crippen molar-refractivity contribution in [1.29, 1.82) is 0 Å². The fraction of sp³-hybridized carbons (Fsp3) is 0.606. The second-order valence-electron chi connectivity index (χ2n) is 13.4. The maximum absolute atomic E-state index is 14.3. The topological polar surface area (TPSA) is 171 Å². The Kier molecular flexibility index (Phi) is 11.5. The maximum Gasteiger partial charge on any atom is 1.00 e. The summed E-state index contributed by atoms with van der Waals surface area (Å²) in [5, 5.41) is 2.05. The third kappa shape index (κ3) is 8.15. The summed E-state index contributed by atoms with van der Waals surface area (Å²) in [6.45, 7) is -0.00642. The Morgan fingerprint density at radius 1 is 1.10 bits per heavy atom. The summed E-state index contributed by atoms with van der Waals surface area (Å²) in [7, 11) is -2.80. The zero-order valence-corrected chi connectivity index (χ0v) is 30.6. The summed E-state index contributed by atoms with van der Waals surface area (Å²) >= 11 is 0. The zero-order valence-electron chi connectivity index (χ0n) is 27.8. The van der Waals surface area contributed by atoms with Gasteiger partial charge in [-0.25, -0.2) is 17.6 Å². The van der Waals surface area contributed by atoms with Crippen LogP contribution in [0.15, 0.2) is 30.4 Å². The van der Waals surface area contributed by atoms with Crippen molar-refractivity contribution in [3.05, 3.63) is 52.0 Å². The van der Waals surface area contributed by atoms with E-state index in [4.69, 9.17) is 9.47 Å². The number of halogens is 1. The molecule has 1 saturated heterocycles. The first-order valence-corrected chi connectivity index (χ1v) is 18.0. The number of fused-ring (bicyclic) bond motifs is 3. The van der Waals surface area contributed by atoms with Gasteiger partial charge in [-0.15, -0.1) is 0 Å². The van der Waals surface area contributed by atoms with E-state index in [0.717, 1.165) is 12.8 Å². The Bertz CT molecular complexity index is 1640. The number of carbonyl (C=O) groups excluding carboxylic acids is 5. The number of esters is 1. The molecular formula is C33H40FN4NaO9S. The smallest absolute Gasteiger partial charge is 0.544 e. The predicted molar refractivity (Wildman–Crippen MR) is 168 cm³/mol. The molecule has 3 aliphatic heterocycles. The first-order valence-electron chi connectivity index (χ1n) is 16.5. The second kappa shape index (κ2) is 15.1. The molecule has 13 nitrogen and oxygen atoms in total. The summed E-state index contributed by atoms with van der Waals surface area (Å²) in [4.78, 5) is 69.8. The molecule has 1 N–H and O–H groups in total. The van der Waals surface area contributed by atoms with Crippen LogP contribution in [0.1, 0.15) is 75.3 Å². The van der Waals surface area contributed by atoms with Crippen LogP contribution in [0.4, 0.5) is 9.18 Å². The van der Waals surface area contributed by atoms with Gasteiger partial charge in [-0.3, -0.25) is 19.3 Å². The van der Waals surface area contributed by atoms with Crippen molar-refractivity contribution in [2.75, 3.05) is 13.7 Å². The van der Waals surface area contributed by atoms with Gasteiger partial charge in [0.2, 0.25) is 11.8 Å². The number of nitrogens with one attached hydrogen (secondary N) is 1. The minimum absolute atomic E-state index is 0. The van der Waals surface area contributed by atoms with Crippen LogP contribution in [0.2, 0.25) is 0 Å². The molecule has 16 heteroatoms. The molecule has 0 bridgehead atoms. The number of hydrogen-bond donors (Lipinski definition) is 1. The monoisotopic (exact) mass is 710 g/mol. The van der Waals surface area contributed by atoms with Crippen LogP contribution in [-0.2, 0) is 51.8 Å². The largest absolute Gasteiger partial charge is 1.00 e. The number of rotatable bonds is 6. The summed E-state index contributed by atoms with van der Waals surface area (Å²) in [5.41, 5.74) is -0.537. The molecule has 0 aromatic heterocycles. The molecule has 260 valence electrons. The first-order chi connectivity index (χ1) is 22.9. The molecule has 3 heterocycles. The van der Waals surface area contributed by atoms with Gasteiger partial charge in [-0.05, 0) is 50.2 Å². The van der Waals surface area contributed by atoms with Gasteiger partial charge in [0.15, 0.2) is 0 Å². The Morgan fingerprint density at radius 3 is 2.59 bits per heavy atom. The van der Waals surface area contributed by atoms with Crippen LogP contribution in [-0.4, -0.2) is 84.6 Å². The van der Waals surface area contributed by atoms with Crippen molar-refractivity contribution in [3.8, 4) is 0 Å². The molecule has 49 heavy (non-hydrogen) atoms. The normalized spacial score (nSPS) is 29.1. The molecular weight excluding hydrogens is 670 g/mol. The summed E-state index contributed by atoms with van der Waals surface area (Å²) < 4.78 is 53.8. The summed E-state index contributed by atoms with van der Waals surface area (Å²) in [6, 6.07) is 3.41. The molecule has 0 spiro atoms. The van der Waals surface area contributed by atoms with Crippen LogP contribution in [0.3, 0.4) is 0 Å². The van der Waals surface area contributed by atoms with E-state index in [9.17, 15) is 36.8 Å². The van der Waals surface area contributed by atoms with E-state index >= 15 is 0 Å². The Hall–Kier alpha value is -3.01. The van der Waals surface area contributed by atoms with Crippen LogP contribution in [0, 0.1) is 17.7 Å². The number of hydrogen-bond acceptors (Lipinski definition) is 9. The second-order valence-corrected chi connectivity index (χ2v) is 15.3. The van der Waals surface area contributed by atoms with E-state index in [1.165, 1.54) is 23.0 Å². The van der Waals surface area contributed by atoms with Crippen LogP contribution in [0.5, 0.6) is 0 Å². The fourth-order valence-electron chi connectivity index (χ4n) is 6.93. The van der Waals surface area contributed by atoms with Gasteiger partial charge < -0.3 is 29.2 Å². The number of benzene rings is 1. The molecule has 2 saturated carbocycles. The Balaban J connectivity index is 0.00000468. The van der Waals surface area contributed by atoms with E-state index in [0.29, 0.717) is 43.2 Å². The maximum atomic E-state index is 14.3. The van der Waals surface area contributed by atoms with Gasteiger partial charge >= 0.3 is 41.6 Å². The van der Waals surface area contributed by atoms with E-state index < -0.39 is 80.4 Å². The van der Waals surface area contributed by atoms with Gasteiger partial charge in [-0.2, -0.15) is 0 Å². The van der Waals surface area contributed by atoms with Gasteiger partial charge in [0.1, 0.15) is 18.0 Å². The Morgan fingerprint density at radius 2 is 1.88 bits per heavy atom. The van der Waals surface area contributed by atoms with Gasteiger partial charge in [0.05, 0.1) is 48.1 Å². The van der Waals surface area contributed by atoms with E-state index in [1.54, 1.807) is 18.2 Å². The molecule has 1 aromatic rings. The first kappa shape index (κ1) is 37.3. The van der Waals surface area contributed by atoms with Crippen molar-refractivity contribution in [3.63, 3.8) is 0 Å². The van der Waals surface area contributed by atoms with E-state index in [-0.39, 0.29) is 68.5 Å². The van der Waals surface area contributed by atoms with Crippen molar-refractivity contribution in [2.24, 2.45) is 11.8 Å². The number of methoxy groups -OCH3 is 1. The molecule has 0 unspecified atom stereocenters.